The predicted octanol–water partition coefficient (Wildman–Crippen LogP) is 4.24. The number of ether oxygens (including phenoxy) is 1. The summed E-state index contributed by atoms with van der Waals surface area (Å²) < 4.78 is 34.3. The Morgan fingerprint density at radius 1 is 1.22 bits per heavy atom. The maximum atomic E-state index is 13.9. The molecule has 0 saturated heterocycles. The molecule has 0 radical (unpaired) electrons. The molecule has 3 rings (SSSR count). The van der Waals surface area contributed by atoms with Gasteiger partial charge in [0.2, 0.25) is 0 Å². The molecule has 3 aromatic rings. The molecule has 0 spiro atoms. The number of aromatic nitrogens is 3. The zero-order chi connectivity index (χ0) is 16.8. The molecule has 23 heavy (non-hydrogen) atoms. The summed E-state index contributed by atoms with van der Waals surface area (Å²) in [5, 5.41) is 0.947. The molecule has 2 aromatic heterocycles. The van der Waals surface area contributed by atoms with Crippen LogP contribution in [-0.2, 0) is 12.4 Å². The molecule has 0 aliphatic carbocycles. The molecule has 1 aromatic carbocycles. The molecule has 4 nitrogen and oxygen atoms in total. The first-order valence-corrected chi connectivity index (χ1v) is 7.25. The summed E-state index contributed by atoms with van der Waals surface area (Å²) in [4.78, 5) is 4.46. The lowest BCUT2D eigenvalue weighted by atomic mass is 10.1. The lowest BCUT2D eigenvalue weighted by Crippen LogP contribution is -2.06. The van der Waals surface area contributed by atoms with Crippen molar-refractivity contribution in [2.45, 2.75) is 12.3 Å². The number of rotatable bonds is 3. The molecular formula is C16H14ClF2N3O. The summed E-state index contributed by atoms with van der Waals surface area (Å²) in [5.41, 5.74) is 1.63. The molecule has 0 amide bonds. The van der Waals surface area contributed by atoms with E-state index in [9.17, 15) is 8.78 Å². The molecule has 0 fully saturated rings. The number of benzene rings is 1. The molecule has 120 valence electrons. The smallest absolute Gasteiger partial charge is 0.349 e. The van der Waals surface area contributed by atoms with Gasteiger partial charge >= 0.3 is 5.38 Å². The van der Waals surface area contributed by atoms with Crippen molar-refractivity contribution in [2.75, 3.05) is 7.11 Å². The van der Waals surface area contributed by atoms with Gasteiger partial charge in [0.25, 0.3) is 0 Å². The average molecular weight is 338 g/mol. The Labute approximate surface area is 136 Å². The number of pyridine rings is 1. The third-order valence-electron chi connectivity index (χ3n) is 3.66. The van der Waals surface area contributed by atoms with Crippen LogP contribution in [0.25, 0.3) is 22.3 Å². The van der Waals surface area contributed by atoms with Crippen LogP contribution in [0.2, 0.25) is 0 Å². The highest BCUT2D eigenvalue weighted by molar-refractivity contribution is 6.22. The summed E-state index contributed by atoms with van der Waals surface area (Å²) in [5.74, 6) is 0.675. The van der Waals surface area contributed by atoms with Gasteiger partial charge < -0.3 is 4.74 Å². The van der Waals surface area contributed by atoms with Crippen LogP contribution in [0.15, 0.2) is 30.3 Å². The second-order valence-corrected chi connectivity index (χ2v) is 5.66. The molecule has 2 heterocycles. The minimum absolute atomic E-state index is 0.282. The number of nitrogens with zero attached hydrogens (tertiary/aromatic N) is 3. The highest BCUT2D eigenvalue weighted by Gasteiger charge is 2.33. The van der Waals surface area contributed by atoms with Crippen molar-refractivity contribution < 1.29 is 13.5 Å². The number of aryl methyl sites for hydroxylation is 2. The molecule has 7 heteroatoms. The van der Waals surface area contributed by atoms with E-state index in [0.717, 1.165) is 0 Å². The van der Waals surface area contributed by atoms with Gasteiger partial charge in [-0.15, -0.1) is 0 Å². The number of methoxy groups -OCH3 is 1. The van der Waals surface area contributed by atoms with E-state index < -0.39 is 5.38 Å². The van der Waals surface area contributed by atoms with Crippen molar-refractivity contribution in [3.8, 4) is 17.0 Å². The Hall–Kier alpha value is -2.21. The topological polar surface area (TPSA) is 39.9 Å². The Morgan fingerprint density at radius 2 is 1.87 bits per heavy atom. The Bertz CT molecular complexity index is 870. The van der Waals surface area contributed by atoms with Gasteiger partial charge in [0, 0.05) is 12.6 Å². The first-order chi connectivity index (χ1) is 10.8. The molecule has 0 aliphatic heterocycles. The van der Waals surface area contributed by atoms with Gasteiger partial charge in [0.1, 0.15) is 5.75 Å². The standard InChI is InChI=1S/C16H14ClF2N3O/c1-9-14-12(16(17,18)19)8-13(20-15(14)22(2)21-9)10-4-6-11(23-3)7-5-10/h4-8H,1-3H3. The molecule has 0 bridgehead atoms. The third kappa shape index (κ3) is 2.74. The Kier molecular flexibility index (Phi) is 3.72. The third-order valence-corrected chi connectivity index (χ3v) is 3.86. The highest BCUT2D eigenvalue weighted by atomic mass is 35.5. The van der Waals surface area contributed by atoms with Gasteiger partial charge in [-0.2, -0.15) is 13.9 Å². The summed E-state index contributed by atoms with van der Waals surface area (Å²) in [6.07, 6.45) is 0. The van der Waals surface area contributed by atoms with E-state index in [1.54, 1.807) is 45.3 Å². The maximum Gasteiger partial charge on any atom is 0.349 e. The lowest BCUT2D eigenvalue weighted by molar-refractivity contribution is 0.0968. The zero-order valence-electron chi connectivity index (χ0n) is 12.8. The fourth-order valence-corrected chi connectivity index (χ4v) is 2.73. The highest BCUT2D eigenvalue weighted by Crippen LogP contribution is 2.39. The van der Waals surface area contributed by atoms with Crippen molar-refractivity contribution in [1.82, 2.24) is 14.8 Å². The van der Waals surface area contributed by atoms with Crippen LogP contribution >= 0.6 is 11.6 Å². The van der Waals surface area contributed by atoms with Crippen LogP contribution < -0.4 is 4.74 Å². The van der Waals surface area contributed by atoms with E-state index in [4.69, 9.17) is 16.3 Å². The zero-order valence-corrected chi connectivity index (χ0v) is 13.5. The summed E-state index contributed by atoms with van der Waals surface area (Å²) >= 11 is 5.31. The molecule has 0 N–H and O–H groups in total. The monoisotopic (exact) mass is 337 g/mol. The maximum absolute atomic E-state index is 13.9. The van der Waals surface area contributed by atoms with Crippen LogP contribution in [0.3, 0.4) is 0 Å². The van der Waals surface area contributed by atoms with E-state index in [0.29, 0.717) is 28.3 Å². The Balaban J connectivity index is 2.28. The molecule has 0 atom stereocenters. The predicted molar refractivity (Wildman–Crippen MR) is 85.0 cm³/mol. The molecule has 0 aliphatic rings. The minimum Gasteiger partial charge on any atom is -0.497 e. The number of hydrogen-bond acceptors (Lipinski definition) is 3. The number of halogens is 3. The fourth-order valence-electron chi connectivity index (χ4n) is 2.58. The number of alkyl halides is 3. The molecule has 0 unspecified atom stereocenters. The largest absolute Gasteiger partial charge is 0.497 e. The van der Waals surface area contributed by atoms with E-state index in [1.165, 1.54) is 10.7 Å². The van der Waals surface area contributed by atoms with E-state index in [-0.39, 0.29) is 10.9 Å². The van der Waals surface area contributed by atoms with Crippen molar-refractivity contribution in [3.05, 3.63) is 41.6 Å². The van der Waals surface area contributed by atoms with Gasteiger partial charge in [-0.05, 0) is 48.9 Å². The SMILES string of the molecule is COc1ccc(-c2cc(C(F)(F)Cl)c3c(C)nn(C)c3n2)cc1. The summed E-state index contributed by atoms with van der Waals surface area (Å²) in [6.45, 7) is 1.66. The van der Waals surface area contributed by atoms with Crippen LogP contribution in [0.5, 0.6) is 5.75 Å². The average Bonchev–Trinajstić information content (AvgIpc) is 2.80. The van der Waals surface area contributed by atoms with Gasteiger partial charge in [-0.3, -0.25) is 4.68 Å². The van der Waals surface area contributed by atoms with Gasteiger partial charge in [0.05, 0.1) is 29.4 Å². The van der Waals surface area contributed by atoms with Gasteiger partial charge in [-0.25, -0.2) is 4.98 Å². The Morgan fingerprint density at radius 3 is 2.43 bits per heavy atom. The summed E-state index contributed by atoms with van der Waals surface area (Å²) in [7, 11) is 3.22. The second-order valence-electron chi connectivity index (χ2n) is 5.19. The van der Waals surface area contributed by atoms with E-state index in [1.807, 2.05) is 0 Å². The van der Waals surface area contributed by atoms with Crippen LogP contribution in [0.1, 0.15) is 11.3 Å². The number of fused-ring (bicyclic) bond motifs is 1. The summed E-state index contributed by atoms with van der Waals surface area (Å²) in [6, 6.07) is 8.31. The van der Waals surface area contributed by atoms with Crippen molar-refractivity contribution in [1.29, 1.82) is 0 Å². The second kappa shape index (κ2) is 5.45. The fraction of sp³-hybridized carbons (Fsp3) is 0.250. The van der Waals surface area contributed by atoms with Crippen LogP contribution in [-0.4, -0.2) is 21.9 Å². The lowest BCUT2D eigenvalue weighted by Gasteiger charge is -2.12. The normalized spacial score (nSPS) is 11.9. The van der Waals surface area contributed by atoms with E-state index in [2.05, 4.69) is 10.1 Å². The van der Waals surface area contributed by atoms with Crippen LogP contribution in [0, 0.1) is 6.92 Å². The first kappa shape index (κ1) is 15.7. The van der Waals surface area contributed by atoms with Gasteiger partial charge in [-0.1, -0.05) is 0 Å². The first-order valence-electron chi connectivity index (χ1n) is 6.87. The van der Waals surface area contributed by atoms with E-state index >= 15 is 0 Å². The quantitative estimate of drug-likeness (QED) is 0.671. The van der Waals surface area contributed by atoms with Crippen LogP contribution in [0.4, 0.5) is 8.78 Å². The van der Waals surface area contributed by atoms with Crippen molar-refractivity contribution >= 4 is 22.6 Å². The molecular weight excluding hydrogens is 324 g/mol. The van der Waals surface area contributed by atoms with Crippen molar-refractivity contribution in [2.24, 2.45) is 7.05 Å². The number of hydrogen-bond donors (Lipinski definition) is 0. The van der Waals surface area contributed by atoms with Gasteiger partial charge in [0.15, 0.2) is 5.65 Å². The van der Waals surface area contributed by atoms with Crippen molar-refractivity contribution in [3.63, 3.8) is 0 Å². The minimum atomic E-state index is -3.50. The molecule has 0 saturated carbocycles.